The van der Waals surface area contributed by atoms with Gasteiger partial charge in [-0.2, -0.15) is 0 Å². The molecule has 350 valence electrons. The van der Waals surface area contributed by atoms with E-state index in [2.05, 4.69) is 10.6 Å². The van der Waals surface area contributed by atoms with Crippen molar-refractivity contribution < 1.29 is 283 Å². The zero-order valence-electron chi connectivity index (χ0n) is 38.7. The Kier molecular flexibility index (Phi) is 32.1. The molecule has 3 N–H and O–H groups in total. The zero-order valence-corrected chi connectivity index (χ0v) is 53.3. The number of amides is 2. The van der Waals surface area contributed by atoms with Crippen LogP contribution >= 0.6 is 22.6 Å². The fourth-order valence-electron chi connectivity index (χ4n) is 6.86. The first-order chi connectivity index (χ1) is 31.4. The predicted molar refractivity (Wildman–Crippen MR) is 230 cm³/mol. The standard InChI is InChI=1S/C44H43F2IN4O15.4K/c45-28-15-26-35(17-32(28)52)66-36-18-33(53)29(46)16-27(36)44(26)25-5-6-30(50(20-40(56)57)21-41(58)59)37(14-25)65-11-10-64-34-7-4-24(12-31(34)51(22-42(60)61)23-43(62)63)13-38(54)48-8-2-1-3-9-49-39(55)19-47;;;;/h4-7,12,14-18,52H,1-3,8-11,13,19-23H2,(H,48,54)(H,49,55)(H,56,57)(H,58,59)(H,60,61)(H,62,63);;;;/q;4*+1/p-4. The van der Waals surface area contributed by atoms with E-state index in [1.165, 1.54) is 36.4 Å². The smallest absolute Gasteiger partial charge is 0.548 e. The molecule has 0 radical (unpaired) electrons. The number of benzene rings is 4. The van der Waals surface area contributed by atoms with E-state index < -0.39 is 92.0 Å². The van der Waals surface area contributed by atoms with E-state index in [1.807, 2.05) is 22.6 Å². The molecule has 0 saturated heterocycles. The largest absolute Gasteiger partial charge is 1.00 e. The fraction of sp³-hybridized carbons (Fsp3) is 0.295. The number of halogens is 3. The van der Waals surface area contributed by atoms with Crippen LogP contribution in [0.15, 0.2) is 69.9 Å². The van der Waals surface area contributed by atoms with Gasteiger partial charge in [0.2, 0.25) is 17.2 Å². The summed E-state index contributed by atoms with van der Waals surface area (Å²) >= 11 is 1.95. The number of carboxylic acid groups (broad SMARTS) is 4. The van der Waals surface area contributed by atoms with Crippen LogP contribution < -0.4 is 261 Å². The average Bonchev–Trinajstić information content (AvgIpc) is 3.24. The van der Waals surface area contributed by atoms with Gasteiger partial charge in [-0.15, -0.1) is 0 Å². The van der Waals surface area contributed by atoms with Gasteiger partial charge in [-0.3, -0.25) is 14.4 Å². The van der Waals surface area contributed by atoms with Crippen LogP contribution in [0, 0.1) is 11.6 Å². The molecule has 0 atom stereocenters. The Morgan fingerprint density at radius 1 is 0.657 bits per heavy atom. The maximum absolute atomic E-state index is 14.8. The van der Waals surface area contributed by atoms with Crippen molar-refractivity contribution in [3.8, 4) is 39.7 Å². The van der Waals surface area contributed by atoms with E-state index in [1.54, 1.807) is 0 Å². The number of phenolic OH excluding ortho intramolecular Hbond substituents is 1. The van der Waals surface area contributed by atoms with E-state index in [-0.39, 0.29) is 274 Å². The molecule has 3 aromatic rings. The van der Waals surface area contributed by atoms with Gasteiger partial charge in [-0.25, -0.2) is 8.78 Å². The van der Waals surface area contributed by atoms with E-state index in [9.17, 15) is 67.9 Å². The molecular formula is C44H39F2IK4N4O15. The quantitative estimate of drug-likeness (QED) is 0.0161. The number of unbranched alkanes of at least 4 members (excludes halogenated alkanes) is 2. The fourth-order valence-corrected chi connectivity index (χ4v) is 7.13. The topological polar surface area (TPSA) is 294 Å². The van der Waals surface area contributed by atoms with Gasteiger partial charge in [-0.1, -0.05) is 34.7 Å². The molecule has 19 nitrogen and oxygen atoms in total. The van der Waals surface area contributed by atoms with Crippen LogP contribution in [0.1, 0.15) is 24.8 Å². The molecule has 0 unspecified atom stereocenters. The summed E-state index contributed by atoms with van der Waals surface area (Å²) < 4.78 is 47.6. The molecule has 0 aromatic heterocycles. The van der Waals surface area contributed by atoms with E-state index >= 15 is 0 Å². The summed E-state index contributed by atoms with van der Waals surface area (Å²) in [5, 5.41) is 62.5. The maximum atomic E-state index is 14.8. The van der Waals surface area contributed by atoms with Crippen LogP contribution in [-0.2, 0) is 35.2 Å². The normalized spacial score (nSPS) is 10.3. The number of hydrogen-bond acceptors (Lipinski definition) is 17. The number of ether oxygens (including phenoxy) is 2. The zero-order chi connectivity index (χ0) is 48.1. The van der Waals surface area contributed by atoms with Crippen molar-refractivity contribution in [1.82, 2.24) is 10.6 Å². The van der Waals surface area contributed by atoms with Gasteiger partial charge >= 0.3 is 206 Å². The first kappa shape index (κ1) is 67.3. The molecule has 1 aliphatic heterocycles. The van der Waals surface area contributed by atoms with Crippen molar-refractivity contribution in [2.45, 2.75) is 25.7 Å². The number of carboxylic acids is 4. The molecule has 26 heteroatoms. The van der Waals surface area contributed by atoms with Gasteiger partial charge in [0.1, 0.15) is 36.1 Å². The Hall–Kier alpha value is -0.695. The third-order valence-corrected chi connectivity index (χ3v) is 10.3. The van der Waals surface area contributed by atoms with Crippen molar-refractivity contribution in [3.63, 3.8) is 0 Å². The second-order valence-electron chi connectivity index (χ2n) is 14.5. The van der Waals surface area contributed by atoms with Crippen LogP contribution in [0.2, 0.25) is 0 Å². The monoisotopic (exact) mass is 1180 g/mol. The number of carbonyl (C=O) groups is 6. The number of rotatable bonds is 25. The molecule has 5 rings (SSSR count). The number of aliphatic carboxylic acids is 4. The molecule has 0 saturated carbocycles. The number of aromatic hydroxyl groups is 1. The number of fused-ring (bicyclic) bond motifs is 2. The van der Waals surface area contributed by atoms with Crippen molar-refractivity contribution in [1.29, 1.82) is 0 Å². The van der Waals surface area contributed by atoms with Crippen LogP contribution in [0.25, 0.3) is 33.4 Å². The summed E-state index contributed by atoms with van der Waals surface area (Å²) in [6.07, 6.45) is 1.86. The second-order valence-corrected chi connectivity index (χ2v) is 15.3. The first-order valence-corrected chi connectivity index (χ1v) is 21.5. The maximum Gasteiger partial charge on any atom is 1.00 e. The van der Waals surface area contributed by atoms with E-state index in [0.717, 1.165) is 40.5 Å². The van der Waals surface area contributed by atoms with Crippen molar-refractivity contribution >= 4 is 80.6 Å². The summed E-state index contributed by atoms with van der Waals surface area (Å²) in [4.78, 5) is 85.1. The Balaban J connectivity index is 0.00000612. The first-order valence-electron chi connectivity index (χ1n) is 19.9. The van der Waals surface area contributed by atoms with Gasteiger partial charge in [-0.05, 0) is 66.8 Å². The molecule has 2 aliphatic rings. The third kappa shape index (κ3) is 20.4. The Morgan fingerprint density at radius 2 is 1.21 bits per heavy atom. The van der Waals surface area contributed by atoms with Crippen LogP contribution in [0.3, 0.4) is 0 Å². The summed E-state index contributed by atoms with van der Waals surface area (Å²) in [7, 11) is 0. The molecule has 0 bridgehead atoms. The molecule has 70 heavy (non-hydrogen) atoms. The Bertz CT molecular complexity index is 2650. The van der Waals surface area contributed by atoms with Crippen LogP contribution in [0.5, 0.6) is 17.2 Å². The SMILES string of the molecule is O=C([O-])CN(CC(=O)[O-])c1ccc(-c2c3cc(F)c(=O)cc-3oc3cc(O)c(F)cc23)cc1OCCOc1ccc(CC(=O)NCCCCCNC(=O)CI)cc1N(CC(=O)[O-])CC(=O)[O-].[K+].[K+].[K+].[K+]. The number of nitrogens with zero attached hydrogens (tertiary/aromatic N) is 2. The average molecular weight is 1190 g/mol. The van der Waals surface area contributed by atoms with E-state index in [4.69, 9.17) is 13.9 Å². The van der Waals surface area contributed by atoms with Crippen molar-refractivity contribution in [2.24, 2.45) is 0 Å². The summed E-state index contributed by atoms with van der Waals surface area (Å²) in [5.41, 5.74) is -0.928. The van der Waals surface area contributed by atoms with Gasteiger partial charge < -0.3 is 79.0 Å². The van der Waals surface area contributed by atoms with Crippen LogP contribution in [-0.4, -0.2) is 97.7 Å². The molecule has 0 fully saturated rings. The molecule has 3 aromatic carbocycles. The Labute approximate surface area is 582 Å². The Morgan fingerprint density at radius 3 is 1.79 bits per heavy atom. The summed E-state index contributed by atoms with van der Waals surface area (Å²) in [6.45, 7) is -3.82. The van der Waals surface area contributed by atoms with Gasteiger partial charge in [0.05, 0.1) is 72.3 Å². The summed E-state index contributed by atoms with van der Waals surface area (Å²) in [5.74, 6) is -10.7. The second kappa shape index (κ2) is 33.4. The van der Waals surface area contributed by atoms with Gasteiger partial charge in [0.15, 0.2) is 17.4 Å². The predicted octanol–water partition coefficient (Wildman–Crippen LogP) is -13.0. The minimum atomic E-state index is -1.69. The van der Waals surface area contributed by atoms with Crippen molar-refractivity contribution in [2.75, 3.05) is 66.7 Å². The number of hydrogen-bond donors (Lipinski definition) is 3. The molecule has 1 heterocycles. The minimum absolute atomic E-state index is 0. The number of carbonyl (C=O) groups excluding carboxylic acids is 6. The summed E-state index contributed by atoms with van der Waals surface area (Å²) in [6, 6.07) is 11.6. The molecule has 0 spiro atoms. The molecule has 1 aliphatic carbocycles. The van der Waals surface area contributed by atoms with E-state index in [0.29, 0.717) is 35.9 Å². The van der Waals surface area contributed by atoms with Crippen LogP contribution in [0.4, 0.5) is 20.2 Å². The minimum Gasteiger partial charge on any atom is -0.548 e. The molecule has 2 amide bonds. The van der Waals surface area contributed by atoms with Gasteiger partial charge in [0, 0.05) is 41.7 Å². The third-order valence-electron chi connectivity index (χ3n) is 9.66. The molecular weight excluding hydrogens is 1150 g/mol. The number of anilines is 2. The number of phenols is 1. The number of alkyl halides is 1. The van der Waals surface area contributed by atoms with Gasteiger partial charge in [0.25, 0.3) is 0 Å². The van der Waals surface area contributed by atoms with Crippen molar-refractivity contribution in [3.05, 3.63) is 88.1 Å². The number of nitrogens with one attached hydrogen (secondary N) is 2.